The van der Waals surface area contributed by atoms with Gasteiger partial charge in [0, 0.05) is 12.8 Å². The second-order valence-corrected chi connectivity index (χ2v) is 7.97. The molecule has 3 nitrogen and oxygen atoms in total. The standard InChI is InChI=1S/C20H38O3/c1-3-4-5-6-7-8-9-11-14-19(2,21)18-17-22-20(23-18)15-12-10-13-16-20/h18,21H,3-17H2,1-2H3/t18-,19-/m1/s1. The first-order chi connectivity index (χ1) is 11.1. The zero-order chi connectivity index (χ0) is 16.6. The molecule has 136 valence electrons. The predicted molar refractivity (Wildman–Crippen MR) is 94.5 cm³/mol. The molecule has 1 aliphatic heterocycles. The summed E-state index contributed by atoms with van der Waals surface area (Å²) < 4.78 is 12.2. The fourth-order valence-corrected chi connectivity index (χ4v) is 3.99. The summed E-state index contributed by atoms with van der Waals surface area (Å²) >= 11 is 0. The summed E-state index contributed by atoms with van der Waals surface area (Å²) in [5.41, 5.74) is -0.747. The molecular weight excluding hydrogens is 288 g/mol. The minimum atomic E-state index is -0.747. The highest BCUT2D eigenvalue weighted by molar-refractivity contribution is 4.91. The Morgan fingerprint density at radius 3 is 2.22 bits per heavy atom. The molecule has 0 aromatic heterocycles. The lowest BCUT2D eigenvalue weighted by atomic mass is 9.91. The highest BCUT2D eigenvalue weighted by atomic mass is 16.7. The van der Waals surface area contributed by atoms with Gasteiger partial charge in [-0.2, -0.15) is 0 Å². The second-order valence-electron chi connectivity index (χ2n) is 7.97. The number of aliphatic hydroxyl groups is 1. The maximum atomic E-state index is 10.8. The van der Waals surface area contributed by atoms with E-state index in [0.717, 1.165) is 25.7 Å². The number of hydrogen-bond donors (Lipinski definition) is 1. The van der Waals surface area contributed by atoms with E-state index in [2.05, 4.69) is 6.92 Å². The molecular formula is C20H38O3. The van der Waals surface area contributed by atoms with Crippen molar-refractivity contribution in [2.75, 3.05) is 6.61 Å². The normalized spacial score (nSPS) is 26.5. The van der Waals surface area contributed by atoms with Gasteiger partial charge >= 0.3 is 0 Å². The zero-order valence-corrected chi connectivity index (χ0v) is 15.4. The molecule has 3 heteroatoms. The van der Waals surface area contributed by atoms with E-state index in [1.807, 2.05) is 6.92 Å². The summed E-state index contributed by atoms with van der Waals surface area (Å²) in [7, 11) is 0. The van der Waals surface area contributed by atoms with Crippen LogP contribution >= 0.6 is 0 Å². The van der Waals surface area contributed by atoms with Gasteiger partial charge < -0.3 is 14.6 Å². The van der Waals surface area contributed by atoms with Crippen LogP contribution in [0, 0.1) is 0 Å². The van der Waals surface area contributed by atoms with Gasteiger partial charge in [0.1, 0.15) is 6.10 Å². The number of ether oxygens (including phenoxy) is 2. The Labute approximate surface area is 143 Å². The summed E-state index contributed by atoms with van der Waals surface area (Å²) in [6.45, 7) is 4.75. The van der Waals surface area contributed by atoms with Crippen LogP contribution in [0.5, 0.6) is 0 Å². The van der Waals surface area contributed by atoms with Crippen molar-refractivity contribution in [1.29, 1.82) is 0 Å². The van der Waals surface area contributed by atoms with Crippen LogP contribution in [0.25, 0.3) is 0 Å². The third-order valence-electron chi connectivity index (χ3n) is 5.70. The van der Waals surface area contributed by atoms with Crippen LogP contribution in [0.1, 0.15) is 104 Å². The van der Waals surface area contributed by atoms with E-state index in [0.29, 0.717) is 6.61 Å². The lowest BCUT2D eigenvalue weighted by molar-refractivity contribution is -0.206. The Bertz CT molecular complexity index is 321. The Morgan fingerprint density at radius 2 is 1.57 bits per heavy atom. The molecule has 0 bridgehead atoms. The van der Waals surface area contributed by atoms with Gasteiger partial charge in [-0.1, -0.05) is 64.7 Å². The highest BCUT2D eigenvalue weighted by Gasteiger charge is 2.48. The lowest BCUT2D eigenvalue weighted by Crippen LogP contribution is -2.43. The molecule has 1 spiro atoms. The molecule has 1 aliphatic carbocycles. The molecule has 0 amide bonds. The van der Waals surface area contributed by atoms with Crippen molar-refractivity contribution >= 4 is 0 Å². The maximum Gasteiger partial charge on any atom is 0.169 e. The van der Waals surface area contributed by atoms with Crippen molar-refractivity contribution in [2.24, 2.45) is 0 Å². The molecule has 2 rings (SSSR count). The summed E-state index contributed by atoms with van der Waals surface area (Å²) in [4.78, 5) is 0. The quantitative estimate of drug-likeness (QED) is 0.550. The molecule has 0 aromatic rings. The van der Waals surface area contributed by atoms with Gasteiger partial charge in [0.25, 0.3) is 0 Å². The molecule has 23 heavy (non-hydrogen) atoms. The van der Waals surface area contributed by atoms with Crippen LogP contribution < -0.4 is 0 Å². The molecule has 1 saturated heterocycles. The van der Waals surface area contributed by atoms with E-state index in [4.69, 9.17) is 9.47 Å². The van der Waals surface area contributed by atoms with Crippen LogP contribution in [-0.4, -0.2) is 29.2 Å². The molecule has 0 unspecified atom stereocenters. The maximum absolute atomic E-state index is 10.8. The highest BCUT2D eigenvalue weighted by Crippen LogP contribution is 2.41. The van der Waals surface area contributed by atoms with E-state index < -0.39 is 5.60 Å². The summed E-state index contributed by atoms with van der Waals surface area (Å²) in [5, 5.41) is 10.8. The number of rotatable bonds is 10. The van der Waals surface area contributed by atoms with Gasteiger partial charge in [-0.05, 0) is 26.2 Å². The molecule has 1 heterocycles. The molecule has 1 N–H and O–H groups in total. The van der Waals surface area contributed by atoms with Gasteiger partial charge in [-0.3, -0.25) is 0 Å². The van der Waals surface area contributed by atoms with Gasteiger partial charge in [0.2, 0.25) is 0 Å². The molecule has 2 atom stereocenters. The van der Waals surface area contributed by atoms with Crippen molar-refractivity contribution in [3.63, 3.8) is 0 Å². The van der Waals surface area contributed by atoms with E-state index >= 15 is 0 Å². The Morgan fingerprint density at radius 1 is 0.957 bits per heavy atom. The van der Waals surface area contributed by atoms with Gasteiger partial charge in [0.15, 0.2) is 5.79 Å². The monoisotopic (exact) mass is 326 g/mol. The predicted octanol–water partition coefficient (Wildman–Crippen LogP) is 5.34. The van der Waals surface area contributed by atoms with Gasteiger partial charge in [-0.25, -0.2) is 0 Å². The van der Waals surface area contributed by atoms with E-state index in [9.17, 15) is 5.11 Å². The van der Waals surface area contributed by atoms with Crippen LogP contribution in [-0.2, 0) is 9.47 Å². The average molecular weight is 327 g/mol. The average Bonchev–Trinajstić information content (AvgIpc) is 2.95. The topological polar surface area (TPSA) is 38.7 Å². The Balaban J connectivity index is 1.61. The number of unbranched alkanes of at least 4 members (excludes halogenated alkanes) is 7. The molecule has 1 saturated carbocycles. The molecule has 0 aromatic carbocycles. The summed E-state index contributed by atoms with van der Waals surface area (Å²) in [5.74, 6) is -0.369. The molecule has 2 fully saturated rings. The van der Waals surface area contributed by atoms with Crippen molar-refractivity contribution in [3.8, 4) is 0 Å². The molecule has 0 radical (unpaired) electrons. The Kier molecular flexibility index (Phi) is 7.84. The third-order valence-corrected chi connectivity index (χ3v) is 5.70. The SMILES string of the molecule is CCCCCCCCCC[C@@](C)(O)[C@H]1COC2(CCCCC2)O1. The minimum absolute atomic E-state index is 0.148. The van der Waals surface area contributed by atoms with Crippen LogP contribution in [0.15, 0.2) is 0 Å². The Hall–Kier alpha value is -0.120. The van der Waals surface area contributed by atoms with Crippen LogP contribution in [0.2, 0.25) is 0 Å². The second kappa shape index (κ2) is 9.39. The first-order valence-electron chi connectivity index (χ1n) is 10.1. The van der Waals surface area contributed by atoms with Crippen molar-refractivity contribution in [2.45, 2.75) is 121 Å². The lowest BCUT2D eigenvalue weighted by Gasteiger charge is -2.34. The largest absolute Gasteiger partial charge is 0.387 e. The van der Waals surface area contributed by atoms with Crippen LogP contribution in [0.4, 0.5) is 0 Å². The zero-order valence-electron chi connectivity index (χ0n) is 15.4. The fourth-order valence-electron chi connectivity index (χ4n) is 3.99. The number of hydrogen-bond acceptors (Lipinski definition) is 3. The van der Waals surface area contributed by atoms with Gasteiger partial charge in [0.05, 0.1) is 12.2 Å². The first kappa shape index (κ1) is 19.2. The first-order valence-corrected chi connectivity index (χ1v) is 10.1. The minimum Gasteiger partial charge on any atom is -0.387 e. The van der Waals surface area contributed by atoms with E-state index in [1.54, 1.807) is 0 Å². The van der Waals surface area contributed by atoms with E-state index in [-0.39, 0.29) is 11.9 Å². The van der Waals surface area contributed by atoms with Crippen molar-refractivity contribution in [3.05, 3.63) is 0 Å². The van der Waals surface area contributed by atoms with Crippen molar-refractivity contribution < 1.29 is 14.6 Å². The third kappa shape index (κ3) is 6.03. The van der Waals surface area contributed by atoms with Crippen LogP contribution in [0.3, 0.4) is 0 Å². The summed E-state index contributed by atoms with van der Waals surface area (Å²) in [6.07, 6.45) is 16.7. The van der Waals surface area contributed by atoms with Gasteiger partial charge in [-0.15, -0.1) is 0 Å². The summed E-state index contributed by atoms with van der Waals surface area (Å²) in [6, 6.07) is 0. The van der Waals surface area contributed by atoms with Crippen molar-refractivity contribution in [1.82, 2.24) is 0 Å². The molecule has 2 aliphatic rings. The fraction of sp³-hybridized carbons (Fsp3) is 1.00. The van der Waals surface area contributed by atoms with E-state index in [1.165, 1.54) is 64.2 Å². The smallest absolute Gasteiger partial charge is 0.169 e.